The lowest BCUT2D eigenvalue weighted by molar-refractivity contribution is -0.142. The molecule has 7 rings (SSSR count). The van der Waals surface area contributed by atoms with Crippen LogP contribution in [0.5, 0.6) is 11.5 Å². The van der Waals surface area contributed by atoms with E-state index in [0.717, 1.165) is 54.5 Å². The Morgan fingerprint density at radius 1 is 0.885 bits per heavy atom. The van der Waals surface area contributed by atoms with Gasteiger partial charge in [0.15, 0.2) is 17.6 Å². The number of carbonyl (C=O) groups excluding carboxylic acids is 3. The largest absolute Gasteiger partial charge is 0.486 e. The van der Waals surface area contributed by atoms with Crippen molar-refractivity contribution in [3.63, 3.8) is 0 Å². The number of rotatable bonds is 7. The summed E-state index contributed by atoms with van der Waals surface area (Å²) >= 11 is 0. The summed E-state index contributed by atoms with van der Waals surface area (Å²) in [5.74, 6) is 1.98. The number of nitrogens with one attached hydrogen (secondary N) is 1. The number of sulfonamides is 1. The van der Waals surface area contributed by atoms with Crippen LogP contribution in [0, 0.1) is 18.8 Å². The topological polar surface area (TPSA) is 138 Å². The lowest BCUT2D eigenvalue weighted by Crippen LogP contribution is -2.52. The number of piperidine rings is 3. The first-order valence-electron chi connectivity index (χ1n) is 18.8. The second kappa shape index (κ2) is 15.5. The van der Waals surface area contributed by atoms with Crippen molar-refractivity contribution >= 4 is 33.7 Å². The molecule has 0 aromatic heterocycles. The molecule has 4 amide bonds. The van der Waals surface area contributed by atoms with E-state index in [1.807, 2.05) is 53.1 Å². The van der Waals surface area contributed by atoms with Crippen molar-refractivity contribution < 1.29 is 37.0 Å². The lowest BCUT2D eigenvalue weighted by Gasteiger charge is -2.40. The smallest absolute Gasteiger partial charge is 0.410 e. The molecule has 3 fully saturated rings. The van der Waals surface area contributed by atoms with E-state index in [-0.39, 0.29) is 24.4 Å². The predicted octanol–water partition coefficient (Wildman–Crippen LogP) is 4.28. The van der Waals surface area contributed by atoms with Crippen LogP contribution in [0.2, 0.25) is 0 Å². The number of hydrogen-bond acceptors (Lipinski definition) is 8. The molecule has 0 bridgehead atoms. The first kappa shape index (κ1) is 36.3. The van der Waals surface area contributed by atoms with Crippen LogP contribution in [0.3, 0.4) is 0 Å². The quantitative estimate of drug-likeness (QED) is 0.445. The van der Waals surface area contributed by atoms with Gasteiger partial charge < -0.3 is 34.2 Å². The summed E-state index contributed by atoms with van der Waals surface area (Å²) in [6.45, 7) is 6.55. The van der Waals surface area contributed by atoms with Crippen LogP contribution in [0.1, 0.15) is 55.2 Å². The zero-order valence-corrected chi connectivity index (χ0v) is 31.1. The molecule has 0 saturated carbocycles. The molecule has 5 aliphatic rings. The van der Waals surface area contributed by atoms with Gasteiger partial charge in [-0.05, 0) is 92.5 Å². The summed E-state index contributed by atoms with van der Waals surface area (Å²) in [7, 11) is -3.18. The Morgan fingerprint density at radius 2 is 1.54 bits per heavy atom. The second-order valence-electron chi connectivity index (χ2n) is 14.9. The molecule has 13 nitrogen and oxygen atoms in total. The number of benzene rings is 2. The van der Waals surface area contributed by atoms with Crippen LogP contribution in [0.25, 0.3) is 0 Å². The second-order valence-corrected chi connectivity index (χ2v) is 16.9. The average molecular weight is 738 g/mol. The van der Waals surface area contributed by atoms with Gasteiger partial charge in [-0.2, -0.15) is 0 Å². The number of carbonyl (C=O) groups is 3. The first-order chi connectivity index (χ1) is 25.0. The minimum absolute atomic E-state index is 0.00334. The molecule has 0 radical (unpaired) electrons. The molecular formula is C38H51N5O8S. The van der Waals surface area contributed by atoms with Gasteiger partial charge in [0.1, 0.15) is 13.2 Å². The van der Waals surface area contributed by atoms with Gasteiger partial charge in [-0.15, -0.1) is 0 Å². The van der Waals surface area contributed by atoms with Gasteiger partial charge >= 0.3 is 12.1 Å². The Morgan fingerprint density at radius 3 is 2.25 bits per heavy atom. The van der Waals surface area contributed by atoms with Crippen LogP contribution in [0.4, 0.5) is 15.3 Å². The van der Waals surface area contributed by atoms with Gasteiger partial charge in [0.2, 0.25) is 10.0 Å². The van der Waals surface area contributed by atoms with Crippen molar-refractivity contribution in [3.8, 4) is 11.5 Å². The van der Waals surface area contributed by atoms with E-state index < -0.39 is 22.2 Å². The Balaban J connectivity index is 0.988. The van der Waals surface area contributed by atoms with Crippen LogP contribution >= 0.6 is 0 Å². The summed E-state index contributed by atoms with van der Waals surface area (Å²) in [5, 5.41) is 3.05. The molecule has 14 heteroatoms. The van der Waals surface area contributed by atoms with E-state index in [2.05, 4.69) is 5.32 Å². The number of fused-ring (bicyclic) bond motifs is 2. The summed E-state index contributed by atoms with van der Waals surface area (Å²) in [6.07, 6.45) is 5.28. The standard InChI is InChI=1S/C38H51N5O8S/c1-26-23-27(24-33-35(26)50-22-21-49-33)25-34(36(44)40-14-7-28(8-15-40)29-9-18-42(19-10-29)52(2,47)48)51-38(46)41-16-12-31(13-17-41)43-20-11-30-5-3-4-6-32(30)39-37(43)45/h3-6,23-24,28-29,31,34H,7-22,25H2,1-2H3,(H,39,45)/t34-/m1/s1. The van der Waals surface area contributed by atoms with Gasteiger partial charge in [-0.3, -0.25) is 4.79 Å². The number of ether oxygens (including phenoxy) is 3. The molecule has 52 heavy (non-hydrogen) atoms. The lowest BCUT2D eigenvalue weighted by atomic mass is 9.79. The van der Waals surface area contributed by atoms with E-state index >= 15 is 0 Å². The first-order valence-corrected chi connectivity index (χ1v) is 20.6. The third-order valence-corrected chi connectivity index (χ3v) is 12.9. The number of likely N-dealkylation sites (tertiary alicyclic amines) is 2. The number of aryl methyl sites for hydroxylation is 1. The predicted molar refractivity (Wildman–Crippen MR) is 195 cm³/mol. The monoisotopic (exact) mass is 737 g/mol. The summed E-state index contributed by atoms with van der Waals surface area (Å²) < 4.78 is 43.4. The zero-order valence-electron chi connectivity index (χ0n) is 30.3. The number of nitrogens with zero attached hydrogens (tertiary/aromatic N) is 4. The Bertz CT molecular complexity index is 1750. The molecule has 0 spiro atoms. The molecule has 282 valence electrons. The normalized spacial score (nSPS) is 21.6. The van der Waals surface area contributed by atoms with Crippen molar-refractivity contribution in [2.75, 3.05) is 70.6 Å². The minimum atomic E-state index is -3.18. The van der Waals surface area contributed by atoms with Crippen molar-refractivity contribution in [2.24, 2.45) is 11.8 Å². The van der Waals surface area contributed by atoms with Crippen LogP contribution in [0.15, 0.2) is 36.4 Å². The van der Waals surface area contributed by atoms with E-state index in [1.54, 1.807) is 9.21 Å². The SMILES string of the molecule is Cc1cc(C[C@@H](OC(=O)N2CCC(N3CCc4ccccc4NC3=O)CC2)C(=O)N2CCC(C3CCN(S(C)(=O)=O)CC3)CC2)cc2c1OCCO2. The van der Waals surface area contributed by atoms with Crippen molar-refractivity contribution in [2.45, 2.75) is 70.4 Å². The Hall–Kier alpha value is -4.04. The van der Waals surface area contributed by atoms with Gasteiger partial charge in [0, 0.05) is 64.0 Å². The molecule has 1 atom stereocenters. The minimum Gasteiger partial charge on any atom is -0.486 e. The molecule has 2 aromatic carbocycles. The van der Waals surface area contributed by atoms with Gasteiger partial charge in [-0.25, -0.2) is 22.3 Å². The highest BCUT2D eigenvalue weighted by atomic mass is 32.2. The number of amides is 4. The van der Waals surface area contributed by atoms with Gasteiger partial charge in [-0.1, -0.05) is 24.3 Å². The van der Waals surface area contributed by atoms with Gasteiger partial charge in [0.05, 0.1) is 6.26 Å². The van der Waals surface area contributed by atoms with Crippen LogP contribution in [-0.2, 0) is 32.4 Å². The Labute approximate surface area is 306 Å². The van der Waals surface area contributed by atoms with Crippen LogP contribution in [-0.4, -0.2) is 123 Å². The Kier molecular flexibility index (Phi) is 10.8. The maximum Gasteiger partial charge on any atom is 0.410 e. The van der Waals surface area contributed by atoms with Gasteiger partial charge in [0.25, 0.3) is 5.91 Å². The fourth-order valence-corrected chi connectivity index (χ4v) is 9.55. The summed E-state index contributed by atoms with van der Waals surface area (Å²) in [6, 6.07) is 11.6. The van der Waals surface area contributed by atoms with E-state index in [0.29, 0.717) is 95.2 Å². The number of anilines is 1. The maximum atomic E-state index is 14.2. The molecule has 1 N–H and O–H groups in total. The van der Waals surface area contributed by atoms with Crippen molar-refractivity contribution in [1.82, 2.24) is 19.0 Å². The number of urea groups is 1. The molecular weight excluding hydrogens is 687 g/mol. The van der Waals surface area contributed by atoms with E-state index in [9.17, 15) is 22.8 Å². The third kappa shape index (κ3) is 8.12. The van der Waals surface area contributed by atoms with Crippen molar-refractivity contribution in [3.05, 3.63) is 53.1 Å². The average Bonchev–Trinajstić information content (AvgIpc) is 3.32. The number of hydrogen-bond donors (Lipinski definition) is 1. The molecule has 0 unspecified atom stereocenters. The third-order valence-electron chi connectivity index (χ3n) is 11.6. The fourth-order valence-electron chi connectivity index (χ4n) is 8.68. The maximum absolute atomic E-state index is 14.2. The molecule has 3 saturated heterocycles. The van der Waals surface area contributed by atoms with Crippen molar-refractivity contribution in [1.29, 1.82) is 0 Å². The molecule has 2 aromatic rings. The molecule has 5 aliphatic heterocycles. The fraction of sp³-hybridized carbons (Fsp3) is 0.605. The highest BCUT2D eigenvalue weighted by molar-refractivity contribution is 7.88. The number of para-hydroxylation sites is 1. The van der Waals surface area contributed by atoms with Crippen LogP contribution < -0.4 is 14.8 Å². The molecule has 0 aliphatic carbocycles. The zero-order chi connectivity index (χ0) is 36.4. The van der Waals surface area contributed by atoms with E-state index in [4.69, 9.17) is 14.2 Å². The summed E-state index contributed by atoms with van der Waals surface area (Å²) in [4.78, 5) is 46.4. The highest BCUT2D eigenvalue weighted by Gasteiger charge is 2.38. The van der Waals surface area contributed by atoms with E-state index in [1.165, 1.54) is 6.26 Å². The summed E-state index contributed by atoms with van der Waals surface area (Å²) in [5.41, 5.74) is 3.68. The molecule has 5 heterocycles. The highest BCUT2D eigenvalue weighted by Crippen LogP contribution is 2.36.